The number of imidazole rings is 2. The Morgan fingerprint density at radius 1 is 1.00 bits per heavy atom. The zero-order valence-corrected chi connectivity index (χ0v) is 21.2. The number of alkyl halides is 3. The lowest BCUT2D eigenvalue weighted by Gasteiger charge is -2.13. The van der Waals surface area contributed by atoms with Gasteiger partial charge >= 0.3 is 6.18 Å². The van der Waals surface area contributed by atoms with E-state index < -0.39 is 11.9 Å². The van der Waals surface area contributed by atoms with Crippen LogP contribution in [0.3, 0.4) is 0 Å². The molecule has 11 heteroatoms. The molecular weight excluding hydrogens is 498 g/mol. The number of benzene rings is 2. The lowest BCUT2D eigenvalue weighted by molar-refractivity contribution is -0.140. The van der Waals surface area contributed by atoms with Crippen LogP contribution >= 0.6 is 0 Å². The molecular formula is C27H25F4N7. The van der Waals surface area contributed by atoms with E-state index in [4.69, 9.17) is 10.4 Å². The number of fused-ring (bicyclic) bond motifs is 1. The highest BCUT2D eigenvalue weighted by atomic mass is 19.4. The van der Waals surface area contributed by atoms with E-state index in [-0.39, 0.29) is 23.2 Å². The van der Waals surface area contributed by atoms with Crippen LogP contribution in [0.15, 0.2) is 54.9 Å². The van der Waals surface area contributed by atoms with Gasteiger partial charge in [-0.2, -0.15) is 13.2 Å². The largest absolute Gasteiger partial charge is 0.434 e. The van der Waals surface area contributed by atoms with Crippen molar-refractivity contribution in [1.29, 1.82) is 5.41 Å². The molecule has 0 spiro atoms. The van der Waals surface area contributed by atoms with Gasteiger partial charge in [0.05, 0.1) is 12.7 Å². The molecule has 7 nitrogen and oxygen atoms in total. The Morgan fingerprint density at radius 3 is 2.34 bits per heavy atom. The van der Waals surface area contributed by atoms with Crippen LogP contribution in [-0.4, -0.2) is 28.7 Å². The molecule has 5 rings (SSSR count). The van der Waals surface area contributed by atoms with E-state index in [9.17, 15) is 17.6 Å². The summed E-state index contributed by atoms with van der Waals surface area (Å²) in [6.45, 7) is 4.11. The van der Waals surface area contributed by atoms with Gasteiger partial charge < -0.3 is 9.13 Å². The summed E-state index contributed by atoms with van der Waals surface area (Å²) in [7, 11) is 3.26. The molecule has 0 atom stereocenters. The predicted molar refractivity (Wildman–Crippen MR) is 135 cm³/mol. The topological polar surface area (TPSA) is 77.3 Å². The summed E-state index contributed by atoms with van der Waals surface area (Å²) in [4.78, 5) is 12.9. The average molecular weight is 524 g/mol. The number of nitrogens with zero attached hydrogens (tertiary/aromatic N) is 6. The number of nitrogens with one attached hydrogen (secondary N) is 1. The molecule has 0 bridgehead atoms. The van der Waals surface area contributed by atoms with E-state index >= 15 is 0 Å². The van der Waals surface area contributed by atoms with Gasteiger partial charge in [0.1, 0.15) is 17.2 Å². The SMILES string of the molecule is CC(C)c1c(F)cccc1-c1ncc2c(n1)n(Cc1ccc(-c3nc(C(F)(F)F)cn3C)cc1)c(=N)n2C. The molecule has 196 valence electrons. The van der Waals surface area contributed by atoms with Gasteiger partial charge in [-0.15, -0.1) is 0 Å². The van der Waals surface area contributed by atoms with Crippen LogP contribution in [0.5, 0.6) is 0 Å². The monoisotopic (exact) mass is 523 g/mol. The molecule has 0 aliphatic rings. The van der Waals surface area contributed by atoms with Crippen LogP contribution < -0.4 is 5.62 Å². The fraction of sp³-hybridized carbons (Fsp3) is 0.259. The van der Waals surface area contributed by atoms with E-state index in [2.05, 4.69) is 9.97 Å². The minimum absolute atomic E-state index is 0.0791. The number of hydrogen-bond acceptors (Lipinski definition) is 4. The predicted octanol–water partition coefficient (Wildman–Crippen LogP) is 5.65. The summed E-state index contributed by atoms with van der Waals surface area (Å²) in [5.74, 6) is 0.171. The van der Waals surface area contributed by atoms with Crippen LogP contribution in [0, 0.1) is 11.2 Å². The van der Waals surface area contributed by atoms with Gasteiger partial charge in [-0.1, -0.05) is 50.2 Å². The quantitative estimate of drug-likeness (QED) is 0.303. The summed E-state index contributed by atoms with van der Waals surface area (Å²) >= 11 is 0. The van der Waals surface area contributed by atoms with E-state index in [1.54, 1.807) is 58.8 Å². The Balaban J connectivity index is 1.53. The zero-order valence-electron chi connectivity index (χ0n) is 21.2. The van der Waals surface area contributed by atoms with Crippen molar-refractivity contribution in [1.82, 2.24) is 28.7 Å². The van der Waals surface area contributed by atoms with Crippen LogP contribution in [0.1, 0.15) is 36.6 Å². The Hall–Kier alpha value is -4.28. The van der Waals surface area contributed by atoms with Gasteiger partial charge in [0.25, 0.3) is 0 Å². The Morgan fingerprint density at radius 2 is 1.71 bits per heavy atom. The zero-order chi connectivity index (χ0) is 27.4. The fourth-order valence-electron chi connectivity index (χ4n) is 4.61. The maximum Gasteiger partial charge on any atom is 0.434 e. The maximum absolute atomic E-state index is 14.6. The molecule has 0 saturated heterocycles. The first-order valence-corrected chi connectivity index (χ1v) is 11.9. The van der Waals surface area contributed by atoms with E-state index in [0.717, 1.165) is 11.8 Å². The van der Waals surface area contributed by atoms with Gasteiger partial charge in [0.15, 0.2) is 17.2 Å². The average Bonchev–Trinajstić information content (AvgIpc) is 3.37. The molecule has 3 heterocycles. The first-order chi connectivity index (χ1) is 18.0. The Labute approximate surface area is 215 Å². The number of halogens is 4. The number of aryl methyl sites for hydroxylation is 2. The summed E-state index contributed by atoms with van der Waals surface area (Å²) in [5, 5.41) is 8.64. The van der Waals surface area contributed by atoms with Crippen LogP contribution in [0.2, 0.25) is 0 Å². The standard InChI is InChI=1S/C27H25F4N7/c1-15(2)22-18(6-5-7-19(22)28)23-33-12-20-25(35-23)38(26(32)37(20)4)13-16-8-10-17(11-9-16)24-34-21(14-36(24)3)27(29,30)31/h5-12,14-15,32H,13H2,1-4H3. The molecule has 2 aromatic carbocycles. The Kier molecular flexibility index (Phi) is 6.16. The second kappa shape index (κ2) is 9.23. The lowest BCUT2D eigenvalue weighted by Crippen LogP contribution is -2.23. The van der Waals surface area contributed by atoms with Crippen molar-refractivity contribution < 1.29 is 17.6 Å². The van der Waals surface area contributed by atoms with Gasteiger partial charge in [-0.25, -0.2) is 19.3 Å². The fourth-order valence-corrected chi connectivity index (χ4v) is 4.61. The second-order valence-corrected chi connectivity index (χ2v) is 9.48. The number of aromatic nitrogens is 6. The molecule has 3 aromatic heterocycles. The van der Waals surface area contributed by atoms with Gasteiger partial charge in [-0.05, 0) is 17.5 Å². The normalized spacial score (nSPS) is 12.1. The molecule has 1 N–H and O–H groups in total. The second-order valence-electron chi connectivity index (χ2n) is 9.48. The highest BCUT2D eigenvalue weighted by Crippen LogP contribution is 2.31. The lowest BCUT2D eigenvalue weighted by atomic mass is 9.96. The van der Waals surface area contributed by atoms with Gasteiger partial charge in [-0.3, -0.25) is 9.98 Å². The molecule has 0 aliphatic heterocycles. The minimum Gasteiger partial charge on any atom is -0.333 e. The maximum atomic E-state index is 14.6. The van der Waals surface area contributed by atoms with Crippen LogP contribution in [0.4, 0.5) is 17.6 Å². The smallest absolute Gasteiger partial charge is 0.333 e. The highest BCUT2D eigenvalue weighted by molar-refractivity contribution is 5.74. The molecule has 0 amide bonds. The van der Waals surface area contributed by atoms with Gasteiger partial charge in [0, 0.05) is 37.0 Å². The summed E-state index contributed by atoms with van der Waals surface area (Å²) in [5.41, 5.74) is 2.89. The molecule has 0 saturated carbocycles. The molecule has 0 unspecified atom stereocenters. The minimum atomic E-state index is -4.52. The van der Waals surface area contributed by atoms with Crippen molar-refractivity contribution in [2.75, 3.05) is 0 Å². The summed E-state index contributed by atoms with van der Waals surface area (Å²) in [6, 6.07) is 11.8. The number of rotatable bonds is 5. The first kappa shape index (κ1) is 25.4. The summed E-state index contributed by atoms with van der Waals surface area (Å²) in [6.07, 6.45) is -1.93. The van der Waals surface area contributed by atoms with Crippen molar-refractivity contribution in [2.24, 2.45) is 14.1 Å². The van der Waals surface area contributed by atoms with Crippen molar-refractivity contribution in [3.8, 4) is 22.8 Å². The third-order valence-electron chi connectivity index (χ3n) is 6.53. The molecule has 38 heavy (non-hydrogen) atoms. The van der Waals surface area contributed by atoms with E-state index in [1.165, 1.54) is 17.7 Å². The van der Waals surface area contributed by atoms with Gasteiger partial charge in [0.2, 0.25) is 5.62 Å². The highest BCUT2D eigenvalue weighted by Gasteiger charge is 2.34. The van der Waals surface area contributed by atoms with Crippen molar-refractivity contribution in [3.63, 3.8) is 0 Å². The number of hydrogen-bond donors (Lipinski definition) is 1. The van der Waals surface area contributed by atoms with Crippen LogP contribution in [-0.2, 0) is 26.8 Å². The Bertz CT molecular complexity index is 1710. The van der Waals surface area contributed by atoms with E-state index in [1.807, 2.05) is 13.8 Å². The summed E-state index contributed by atoms with van der Waals surface area (Å²) < 4.78 is 58.5. The molecule has 0 fully saturated rings. The third-order valence-corrected chi connectivity index (χ3v) is 6.53. The molecule has 0 radical (unpaired) electrons. The van der Waals surface area contributed by atoms with Crippen LogP contribution in [0.25, 0.3) is 33.9 Å². The van der Waals surface area contributed by atoms with Crippen molar-refractivity contribution >= 4 is 11.2 Å². The van der Waals surface area contributed by atoms with Crippen molar-refractivity contribution in [2.45, 2.75) is 32.5 Å². The molecule has 5 aromatic rings. The molecule has 0 aliphatic carbocycles. The third kappa shape index (κ3) is 4.37. The first-order valence-electron chi connectivity index (χ1n) is 11.9. The van der Waals surface area contributed by atoms with E-state index in [0.29, 0.717) is 40.2 Å². The van der Waals surface area contributed by atoms with Crippen molar-refractivity contribution in [3.05, 3.63) is 83.1 Å².